The molecular weight excluding hydrogens is 584 g/mol. The smallest absolute Gasteiger partial charge is 0.407 e. The van der Waals surface area contributed by atoms with Crippen molar-refractivity contribution in [3.63, 3.8) is 0 Å². The Labute approximate surface area is 262 Å². The Kier molecular flexibility index (Phi) is 8.02. The summed E-state index contributed by atoms with van der Waals surface area (Å²) >= 11 is 6.77. The molecule has 0 spiro atoms. The minimum atomic E-state index is -0.828. The predicted molar refractivity (Wildman–Crippen MR) is 168 cm³/mol. The molecule has 1 N–H and O–H groups in total. The second-order valence-corrected chi connectivity index (χ2v) is 12.7. The third-order valence-corrected chi connectivity index (χ3v) is 10.1. The van der Waals surface area contributed by atoms with Crippen molar-refractivity contribution in [3.8, 4) is 11.8 Å². The van der Waals surface area contributed by atoms with E-state index >= 15 is 0 Å². The van der Waals surface area contributed by atoms with Crippen LogP contribution in [0.4, 0.5) is 16.3 Å². The largest absolute Gasteiger partial charge is 0.466 e. The van der Waals surface area contributed by atoms with Gasteiger partial charge in [-0.05, 0) is 45.7 Å². The second kappa shape index (κ2) is 12.1. The summed E-state index contributed by atoms with van der Waals surface area (Å²) < 4.78 is 17.3. The molecule has 2 bridgehead atoms. The first kappa shape index (κ1) is 29.2. The van der Waals surface area contributed by atoms with Crippen LogP contribution in [0.25, 0.3) is 10.8 Å². The van der Waals surface area contributed by atoms with Crippen molar-refractivity contribution < 1.29 is 24.1 Å². The van der Waals surface area contributed by atoms with Crippen LogP contribution in [0.3, 0.4) is 0 Å². The summed E-state index contributed by atoms with van der Waals surface area (Å²) in [5.74, 6) is 1.46. The molecule has 1 amide bonds. The molecule has 234 valence electrons. The number of anilines is 2. The first-order valence-corrected chi connectivity index (χ1v) is 15.9. The second-order valence-electron chi connectivity index (χ2n) is 12.3. The monoisotopic (exact) mass is 622 g/mol. The van der Waals surface area contributed by atoms with E-state index in [-0.39, 0.29) is 18.9 Å². The van der Waals surface area contributed by atoms with Crippen molar-refractivity contribution in [2.24, 2.45) is 0 Å². The summed E-state index contributed by atoms with van der Waals surface area (Å²) in [4.78, 5) is 30.6. The fourth-order valence-electron chi connectivity index (χ4n) is 7.45. The Morgan fingerprint density at radius 1 is 1.05 bits per heavy atom. The molecule has 44 heavy (non-hydrogen) atoms. The summed E-state index contributed by atoms with van der Waals surface area (Å²) in [6.07, 6.45) is 3.94. The van der Waals surface area contributed by atoms with E-state index in [4.69, 9.17) is 35.8 Å². The van der Waals surface area contributed by atoms with Crippen LogP contribution >= 0.6 is 11.6 Å². The number of likely N-dealkylation sites (tertiary alicyclic amines) is 1. The molecule has 11 nitrogen and oxygen atoms in total. The van der Waals surface area contributed by atoms with E-state index in [1.165, 1.54) is 0 Å². The summed E-state index contributed by atoms with van der Waals surface area (Å²) in [7, 11) is 3.73. The van der Waals surface area contributed by atoms with Crippen molar-refractivity contribution in [1.29, 1.82) is 0 Å². The lowest BCUT2D eigenvalue weighted by atomic mass is 10.0. The van der Waals surface area contributed by atoms with Crippen molar-refractivity contribution in [3.05, 3.63) is 46.6 Å². The van der Waals surface area contributed by atoms with Gasteiger partial charge >= 0.3 is 12.1 Å². The number of rotatable bonds is 8. The number of amides is 1. The number of piperazine rings is 1. The number of fused-ring (bicyclic) bond motifs is 4. The molecule has 3 saturated heterocycles. The molecule has 12 heteroatoms. The number of halogens is 1. The standard InChI is InChI=1S/C32H39ClN6O5/c1-36-12-5-6-22(36)18-43-31-34-26-17-37(27-14-28(44-19-42-2)29(33)24-8-4-3-7-23(24)27)13-11-25(26)30(35-31)38-15-20-9-10-21(16-38)39(20)32(40)41/h3-4,7-8,14,20-22H,5-6,9-13,15-19H2,1-2H3,(H,40,41)/t20-,21+,22-/m0/s1. The average molecular weight is 623 g/mol. The number of likely N-dealkylation sites (N-methyl/N-ethyl adjacent to an activating group) is 1. The van der Waals surface area contributed by atoms with Crippen LogP contribution in [0.2, 0.25) is 5.02 Å². The summed E-state index contributed by atoms with van der Waals surface area (Å²) in [5, 5.41) is 12.4. The highest BCUT2D eigenvalue weighted by molar-refractivity contribution is 6.37. The highest BCUT2D eigenvalue weighted by Gasteiger charge is 2.44. The number of nitrogens with zero attached hydrogens (tertiary/aromatic N) is 6. The van der Waals surface area contributed by atoms with E-state index in [0.29, 0.717) is 49.1 Å². The van der Waals surface area contributed by atoms with E-state index in [0.717, 1.165) is 78.7 Å². The van der Waals surface area contributed by atoms with Gasteiger partial charge in [0.05, 0.1) is 29.3 Å². The van der Waals surface area contributed by atoms with Gasteiger partial charge in [-0.25, -0.2) is 4.79 Å². The van der Waals surface area contributed by atoms with Gasteiger partial charge in [0.25, 0.3) is 0 Å². The van der Waals surface area contributed by atoms with Crippen LogP contribution in [-0.4, -0.2) is 103 Å². The SMILES string of the molecule is COCOc1cc(N2CCc3c(nc(OC[C@@H]4CCCN4C)nc3N3C[C@H]4CC[C@@H](C3)N4C(=O)O)C2)c2ccccc2c1Cl. The van der Waals surface area contributed by atoms with Crippen molar-refractivity contribution in [2.45, 2.75) is 56.8 Å². The molecule has 0 unspecified atom stereocenters. The Bertz CT molecular complexity index is 1540. The quantitative estimate of drug-likeness (QED) is 0.358. The van der Waals surface area contributed by atoms with Crippen LogP contribution in [0.1, 0.15) is 36.9 Å². The van der Waals surface area contributed by atoms with Gasteiger partial charge in [0.2, 0.25) is 0 Å². The number of aromatic nitrogens is 2. The maximum atomic E-state index is 12.0. The molecule has 3 fully saturated rings. The Morgan fingerprint density at radius 3 is 2.52 bits per heavy atom. The molecule has 2 aromatic carbocycles. The Morgan fingerprint density at radius 2 is 1.82 bits per heavy atom. The molecular formula is C32H39ClN6O5. The van der Waals surface area contributed by atoms with Crippen molar-refractivity contribution in [1.82, 2.24) is 19.8 Å². The van der Waals surface area contributed by atoms with Crippen LogP contribution < -0.4 is 19.3 Å². The zero-order chi connectivity index (χ0) is 30.4. The third-order valence-electron chi connectivity index (χ3n) is 9.70. The number of carbonyl (C=O) groups is 1. The van der Waals surface area contributed by atoms with E-state index < -0.39 is 6.09 Å². The van der Waals surface area contributed by atoms with Crippen LogP contribution in [-0.2, 0) is 17.7 Å². The molecule has 3 atom stereocenters. The Balaban J connectivity index is 1.23. The Hall–Kier alpha value is -3.54. The molecule has 4 aliphatic rings. The third kappa shape index (κ3) is 5.35. The number of ether oxygens (including phenoxy) is 3. The number of hydrogen-bond donors (Lipinski definition) is 1. The lowest BCUT2D eigenvalue weighted by Crippen LogP contribution is -2.56. The molecule has 7 rings (SSSR count). The van der Waals surface area contributed by atoms with Gasteiger partial charge in [0.15, 0.2) is 6.79 Å². The van der Waals surface area contributed by atoms with Gasteiger partial charge in [-0.3, -0.25) is 4.90 Å². The van der Waals surface area contributed by atoms with Crippen molar-refractivity contribution >= 4 is 40.0 Å². The average Bonchev–Trinajstić information content (AvgIpc) is 3.57. The van der Waals surface area contributed by atoms with Crippen molar-refractivity contribution in [2.75, 3.05) is 63.5 Å². The van der Waals surface area contributed by atoms with Gasteiger partial charge < -0.3 is 34.0 Å². The molecule has 0 aliphatic carbocycles. The highest BCUT2D eigenvalue weighted by atomic mass is 35.5. The van der Waals surface area contributed by atoms with Gasteiger partial charge in [0, 0.05) is 60.9 Å². The van der Waals surface area contributed by atoms with Crippen LogP contribution in [0, 0.1) is 0 Å². The zero-order valence-electron chi connectivity index (χ0n) is 25.2. The van der Waals surface area contributed by atoms with E-state index in [9.17, 15) is 9.90 Å². The van der Waals surface area contributed by atoms with Gasteiger partial charge in [-0.15, -0.1) is 0 Å². The summed E-state index contributed by atoms with van der Waals surface area (Å²) in [6, 6.07) is 10.8. The molecule has 5 heterocycles. The first-order valence-electron chi connectivity index (χ1n) is 15.5. The van der Waals surface area contributed by atoms with Crippen LogP contribution in [0.15, 0.2) is 30.3 Å². The number of carboxylic acid groups (broad SMARTS) is 1. The maximum absolute atomic E-state index is 12.0. The molecule has 3 aromatic rings. The topological polar surface area (TPSA) is 104 Å². The first-order chi connectivity index (χ1) is 21.4. The molecule has 0 saturated carbocycles. The molecule has 1 aromatic heterocycles. The number of methoxy groups -OCH3 is 1. The molecule has 0 radical (unpaired) electrons. The molecule has 4 aliphatic heterocycles. The zero-order valence-corrected chi connectivity index (χ0v) is 26.0. The lowest BCUT2D eigenvalue weighted by molar-refractivity contribution is 0.0513. The maximum Gasteiger partial charge on any atom is 0.407 e. The summed E-state index contributed by atoms with van der Waals surface area (Å²) in [6.45, 7) is 4.30. The number of benzene rings is 2. The highest BCUT2D eigenvalue weighted by Crippen LogP contribution is 2.42. The fourth-order valence-corrected chi connectivity index (χ4v) is 7.73. The minimum absolute atomic E-state index is 0.0283. The van der Waals surface area contributed by atoms with E-state index in [1.807, 2.05) is 24.3 Å². The lowest BCUT2D eigenvalue weighted by Gasteiger charge is -2.41. The predicted octanol–water partition coefficient (Wildman–Crippen LogP) is 4.63. The number of hydrogen-bond acceptors (Lipinski definition) is 9. The normalized spacial score (nSPS) is 23.3. The van der Waals surface area contributed by atoms with Crippen LogP contribution in [0.5, 0.6) is 11.8 Å². The van der Waals surface area contributed by atoms with Gasteiger partial charge in [0.1, 0.15) is 18.2 Å². The fraction of sp³-hybridized carbons (Fsp3) is 0.531. The van der Waals surface area contributed by atoms with Gasteiger partial charge in [-0.2, -0.15) is 9.97 Å². The summed E-state index contributed by atoms with van der Waals surface area (Å²) in [5.41, 5.74) is 3.07. The van der Waals surface area contributed by atoms with Gasteiger partial charge in [-0.1, -0.05) is 35.9 Å². The van der Waals surface area contributed by atoms with E-state index in [2.05, 4.69) is 27.8 Å². The minimum Gasteiger partial charge on any atom is -0.466 e. The van der Waals surface area contributed by atoms with E-state index in [1.54, 1.807) is 12.0 Å².